The number of nitrogens with one attached hydrogen (secondary N) is 1. The van der Waals surface area contributed by atoms with Crippen molar-refractivity contribution in [3.63, 3.8) is 0 Å². The van der Waals surface area contributed by atoms with Crippen LogP contribution in [0.25, 0.3) is 0 Å². The summed E-state index contributed by atoms with van der Waals surface area (Å²) in [6.07, 6.45) is 4.08. The minimum Gasteiger partial charge on any atom is -0.506 e. The maximum absolute atomic E-state index is 9.84. The maximum Gasteiger partial charge on any atom is 0.150 e. The van der Waals surface area contributed by atoms with Gasteiger partial charge in [-0.25, -0.2) is 0 Å². The Morgan fingerprint density at radius 2 is 1.94 bits per heavy atom. The summed E-state index contributed by atoms with van der Waals surface area (Å²) >= 11 is 0. The van der Waals surface area contributed by atoms with Gasteiger partial charge >= 0.3 is 0 Å². The van der Waals surface area contributed by atoms with E-state index in [9.17, 15) is 5.11 Å². The fourth-order valence-electron chi connectivity index (χ4n) is 3.24. The Balaban J connectivity index is 2.14. The number of rotatable bonds is 3. The SMILES string of the molecule is CC1CCCC1[Si](C)(C)Nc1ccccc1O. The first-order valence-electron chi connectivity index (χ1n) is 6.57. The second-order valence-electron chi connectivity index (χ2n) is 5.88. The summed E-state index contributed by atoms with van der Waals surface area (Å²) in [7, 11) is -1.52. The van der Waals surface area contributed by atoms with E-state index >= 15 is 0 Å². The van der Waals surface area contributed by atoms with Crippen molar-refractivity contribution in [1.82, 2.24) is 0 Å². The molecule has 0 radical (unpaired) electrons. The normalized spacial score (nSPS) is 24.9. The van der Waals surface area contributed by atoms with Gasteiger partial charge in [0, 0.05) is 0 Å². The van der Waals surface area contributed by atoms with Gasteiger partial charge in [-0.1, -0.05) is 51.4 Å². The number of para-hydroxylation sites is 2. The van der Waals surface area contributed by atoms with Gasteiger partial charge < -0.3 is 10.1 Å². The lowest BCUT2D eigenvalue weighted by atomic mass is 10.1. The van der Waals surface area contributed by atoms with Crippen LogP contribution in [0.15, 0.2) is 24.3 Å². The van der Waals surface area contributed by atoms with Crippen molar-refractivity contribution in [1.29, 1.82) is 0 Å². The van der Waals surface area contributed by atoms with E-state index in [0.717, 1.165) is 17.1 Å². The molecule has 0 aromatic heterocycles. The molecule has 0 bridgehead atoms. The summed E-state index contributed by atoms with van der Waals surface area (Å²) in [6, 6.07) is 7.58. The van der Waals surface area contributed by atoms with Crippen LogP contribution < -0.4 is 4.98 Å². The average Bonchev–Trinajstić information content (AvgIpc) is 2.68. The molecule has 3 heteroatoms. The number of phenols is 1. The lowest BCUT2D eigenvalue weighted by molar-refractivity contribution is 0.477. The second-order valence-corrected chi connectivity index (χ2v) is 10.3. The second kappa shape index (κ2) is 4.73. The Bertz CT molecular complexity index is 392. The fourth-order valence-corrected chi connectivity index (χ4v) is 6.84. The topological polar surface area (TPSA) is 32.3 Å². The monoisotopic (exact) mass is 249 g/mol. The Hall–Kier alpha value is -0.963. The zero-order valence-electron chi connectivity index (χ0n) is 11.0. The Kier molecular flexibility index (Phi) is 3.47. The molecule has 2 N–H and O–H groups in total. The van der Waals surface area contributed by atoms with Gasteiger partial charge in [-0.05, 0) is 23.6 Å². The fraction of sp³-hybridized carbons (Fsp3) is 0.571. The molecule has 2 nitrogen and oxygen atoms in total. The molecule has 2 unspecified atom stereocenters. The highest BCUT2D eigenvalue weighted by Gasteiger charge is 2.39. The largest absolute Gasteiger partial charge is 0.506 e. The predicted octanol–water partition coefficient (Wildman–Crippen LogP) is 4.20. The van der Waals surface area contributed by atoms with E-state index in [4.69, 9.17) is 0 Å². The van der Waals surface area contributed by atoms with Gasteiger partial charge in [0.25, 0.3) is 0 Å². The lowest BCUT2D eigenvalue weighted by Gasteiger charge is -2.34. The Morgan fingerprint density at radius 1 is 1.24 bits per heavy atom. The number of hydrogen-bond acceptors (Lipinski definition) is 2. The summed E-state index contributed by atoms with van der Waals surface area (Å²) in [4.78, 5) is 3.65. The molecule has 0 saturated heterocycles. The van der Waals surface area contributed by atoms with Crippen LogP contribution in [0.2, 0.25) is 18.6 Å². The van der Waals surface area contributed by atoms with Crippen LogP contribution in [0, 0.1) is 5.92 Å². The maximum atomic E-state index is 9.84. The molecule has 17 heavy (non-hydrogen) atoms. The van der Waals surface area contributed by atoms with E-state index in [1.807, 2.05) is 18.2 Å². The van der Waals surface area contributed by atoms with Crippen LogP contribution >= 0.6 is 0 Å². The van der Waals surface area contributed by atoms with E-state index in [-0.39, 0.29) is 0 Å². The highest BCUT2D eigenvalue weighted by atomic mass is 28.3. The van der Waals surface area contributed by atoms with Gasteiger partial charge in [0.2, 0.25) is 0 Å². The highest BCUT2D eigenvalue weighted by molar-refractivity contribution is 6.81. The zero-order chi connectivity index (χ0) is 12.5. The molecule has 1 fully saturated rings. The van der Waals surface area contributed by atoms with E-state index in [1.165, 1.54) is 19.3 Å². The first-order valence-corrected chi connectivity index (χ1v) is 9.64. The van der Waals surface area contributed by atoms with Crippen molar-refractivity contribution in [3.05, 3.63) is 24.3 Å². The van der Waals surface area contributed by atoms with Gasteiger partial charge in [-0.2, -0.15) is 0 Å². The summed E-state index contributed by atoms with van der Waals surface area (Å²) < 4.78 is 0. The molecule has 2 rings (SSSR count). The van der Waals surface area contributed by atoms with Crippen LogP contribution in [0.4, 0.5) is 5.69 Å². The van der Waals surface area contributed by atoms with Crippen LogP contribution in [0.1, 0.15) is 26.2 Å². The molecule has 94 valence electrons. The van der Waals surface area contributed by atoms with Crippen molar-refractivity contribution >= 4 is 13.9 Å². The van der Waals surface area contributed by atoms with Gasteiger partial charge in [0.05, 0.1) is 5.69 Å². The number of aromatic hydroxyl groups is 1. The van der Waals surface area contributed by atoms with Gasteiger partial charge in [-0.15, -0.1) is 0 Å². The smallest absolute Gasteiger partial charge is 0.150 e. The lowest BCUT2D eigenvalue weighted by Crippen LogP contribution is -2.43. The van der Waals surface area contributed by atoms with Crippen molar-refractivity contribution in [2.75, 3.05) is 4.98 Å². The summed E-state index contributed by atoms with van der Waals surface area (Å²) in [5.74, 6) is 1.20. The molecule has 0 heterocycles. The molecule has 1 aliphatic rings. The minimum absolute atomic E-state index is 0.374. The van der Waals surface area contributed by atoms with E-state index in [0.29, 0.717) is 5.75 Å². The number of benzene rings is 1. The molecule has 1 aliphatic carbocycles. The Morgan fingerprint density at radius 3 is 2.53 bits per heavy atom. The Labute approximate surface area is 105 Å². The third-order valence-electron chi connectivity index (χ3n) is 4.15. The third-order valence-corrected chi connectivity index (χ3v) is 7.77. The molecule has 0 aliphatic heterocycles. The molecule has 0 amide bonds. The number of hydrogen-bond donors (Lipinski definition) is 2. The van der Waals surface area contributed by atoms with Crippen LogP contribution in [-0.2, 0) is 0 Å². The van der Waals surface area contributed by atoms with Crippen LogP contribution in [-0.4, -0.2) is 13.3 Å². The molecule has 2 atom stereocenters. The zero-order valence-corrected chi connectivity index (χ0v) is 12.0. The van der Waals surface area contributed by atoms with Crippen molar-refractivity contribution in [2.45, 2.75) is 44.8 Å². The van der Waals surface area contributed by atoms with Gasteiger partial charge in [0.1, 0.15) is 5.75 Å². The molecular formula is C14H23NOSi. The minimum atomic E-state index is -1.52. The third kappa shape index (κ3) is 2.65. The first-order chi connectivity index (χ1) is 8.00. The summed E-state index contributed by atoms with van der Waals surface area (Å²) in [5.41, 5.74) is 1.73. The number of anilines is 1. The van der Waals surface area contributed by atoms with E-state index < -0.39 is 8.24 Å². The number of phenolic OH excluding ortho intramolecular Hbond substituents is 1. The molecule has 1 aromatic carbocycles. The van der Waals surface area contributed by atoms with Gasteiger partial charge in [-0.3, -0.25) is 0 Å². The predicted molar refractivity (Wildman–Crippen MR) is 76.0 cm³/mol. The molecule has 1 saturated carbocycles. The highest BCUT2D eigenvalue weighted by Crippen LogP contribution is 2.43. The quantitative estimate of drug-likeness (QED) is 0.621. The summed E-state index contributed by atoms with van der Waals surface area (Å²) in [6.45, 7) is 7.14. The standard InChI is InChI=1S/C14H23NOSi/c1-11-7-6-10-14(11)17(2,3)15-12-8-4-5-9-13(12)16/h4-5,8-9,11,14-16H,6-7,10H2,1-3H3. The first kappa shape index (κ1) is 12.5. The van der Waals surface area contributed by atoms with Crippen molar-refractivity contribution < 1.29 is 5.11 Å². The molecule has 1 aromatic rings. The average molecular weight is 249 g/mol. The van der Waals surface area contributed by atoms with Crippen LogP contribution in [0.3, 0.4) is 0 Å². The van der Waals surface area contributed by atoms with E-state index in [2.05, 4.69) is 25.0 Å². The molecule has 0 spiro atoms. The summed E-state index contributed by atoms with van der Waals surface area (Å²) in [5, 5.41) is 9.84. The van der Waals surface area contributed by atoms with Crippen LogP contribution in [0.5, 0.6) is 5.75 Å². The van der Waals surface area contributed by atoms with Gasteiger partial charge in [0.15, 0.2) is 8.24 Å². The van der Waals surface area contributed by atoms with E-state index in [1.54, 1.807) is 6.07 Å². The van der Waals surface area contributed by atoms with Crippen molar-refractivity contribution in [3.8, 4) is 5.75 Å². The molecular weight excluding hydrogens is 226 g/mol. The van der Waals surface area contributed by atoms with Crippen molar-refractivity contribution in [2.24, 2.45) is 5.92 Å².